The van der Waals surface area contributed by atoms with Crippen LogP contribution in [-0.4, -0.2) is 10.5 Å². The van der Waals surface area contributed by atoms with Crippen LogP contribution in [0.25, 0.3) is 5.69 Å². The maximum Gasteiger partial charge on any atom is 0.416 e. The van der Waals surface area contributed by atoms with E-state index in [1.165, 1.54) is 29.5 Å². The van der Waals surface area contributed by atoms with E-state index in [1.54, 1.807) is 13.0 Å². The standard InChI is InChI=1S/C26H21F3N2O2S/c1-17-10-11-22(25(33)31(17)21-9-5-8-20(15-21)26(27,28)29)24(32)30-23(19-12-13-34-16-19)14-18-6-3-2-4-7-18/h2-13,15-16,23H,14H2,1H3,(H,30,32). The Balaban J connectivity index is 1.68. The zero-order chi connectivity index (χ0) is 24.3. The molecule has 2 heterocycles. The van der Waals surface area contributed by atoms with Gasteiger partial charge in [-0.15, -0.1) is 0 Å². The van der Waals surface area contributed by atoms with Crippen molar-refractivity contribution >= 4 is 17.2 Å². The predicted octanol–water partition coefficient (Wildman–Crippen LogP) is 5.94. The molecule has 4 nitrogen and oxygen atoms in total. The van der Waals surface area contributed by atoms with Gasteiger partial charge in [0.1, 0.15) is 5.56 Å². The number of carbonyl (C=O) groups excluding carboxylic acids is 1. The minimum atomic E-state index is -4.55. The monoisotopic (exact) mass is 482 g/mol. The van der Waals surface area contributed by atoms with E-state index in [0.717, 1.165) is 27.8 Å². The van der Waals surface area contributed by atoms with Crippen LogP contribution in [0.4, 0.5) is 13.2 Å². The highest BCUT2D eigenvalue weighted by atomic mass is 32.1. The number of amides is 1. The van der Waals surface area contributed by atoms with Crippen LogP contribution in [0.15, 0.2) is 88.4 Å². The third-order valence-corrected chi connectivity index (χ3v) is 6.19. The Morgan fingerprint density at radius 1 is 1.03 bits per heavy atom. The second-order valence-corrected chi connectivity index (χ2v) is 8.63. The summed E-state index contributed by atoms with van der Waals surface area (Å²) in [6.07, 6.45) is -4.02. The van der Waals surface area contributed by atoms with E-state index in [1.807, 2.05) is 47.2 Å². The van der Waals surface area contributed by atoms with Gasteiger partial charge < -0.3 is 5.32 Å². The Hall–Kier alpha value is -3.65. The molecular formula is C26H21F3N2O2S. The summed E-state index contributed by atoms with van der Waals surface area (Å²) in [6, 6.07) is 18.6. The van der Waals surface area contributed by atoms with Crippen molar-refractivity contribution in [1.29, 1.82) is 0 Å². The van der Waals surface area contributed by atoms with E-state index >= 15 is 0 Å². The summed E-state index contributed by atoms with van der Waals surface area (Å²) in [6.45, 7) is 1.60. The van der Waals surface area contributed by atoms with Crippen LogP contribution >= 0.6 is 11.3 Å². The number of alkyl halides is 3. The minimum absolute atomic E-state index is 0.0469. The Bertz CT molecular complexity index is 1350. The second-order valence-electron chi connectivity index (χ2n) is 7.85. The molecule has 0 saturated carbocycles. The quantitative estimate of drug-likeness (QED) is 0.370. The summed E-state index contributed by atoms with van der Waals surface area (Å²) in [5.41, 5.74) is 0.699. The molecule has 0 bridgehead atoms. The van der Waals surface area contributed by atoms with E-state index < -0.39 is 23.2 Å². The summed E-state index contributed by atoms with van der Waals surface area (Å²) in [4.78, 5) is 26.4. The van der Waals surface area contributed by atoms with E-state index in [4.69, 9.17) is 0 Å². The topological polar surface area (TPSA) is 51.1 Å². The molecule has 1 atom stereocenters. The summed E-state index contributed by atoms with van der Waals surface area (Å²) in [7, 11) is 0. The molecule has 8 heteroatoms. The molecule has 174 valence electrons. The lowest BCUT2D eigenvalue weighted by atomic mass is 10.0. The maximum atomic E-state index is 13.2. The summed E-state index contributed by atoms with van der Waals surface area (Å²) < 4.78 is 40.7. The summed E-state index contributed by atoms with van der Waals surface area (Å²) in [5.74, 6) is -0.585. The van der Waals surface area contributed by atoms with Gasteiger partial charge in [0.05, 0.1) is 11.6 Å². The molecule has 0 fully saturated rings. The lowest BCUT2D eigenvalue weighted by molar-refractivity contribution is -0.137. The van der Waals surface area contributed by atoms with Crippen LogP contribution in [0.2, 0.25) is 0 Å². The van der Waals surface area contributed by atoms with Crippen molar-refractivity contribution in [3.8, 4) is 5.69 Å². The molecule has 4 aromatic rings. The van der Waals surface area contributed by atoms with Crippen molar-refractivity contribution in [2.45, 2.75) is 25.6 Å². The molecule has 0 aliphatic carbocycles. The molecule has 0 spiro atoms. The van der Waals surface area contributed by atoms with E-state index in [9.17, 15) is 22.8 Å². The van der Waals surface area contributed by atoms with E-state index in [2.05, 4.69) is 5.32 Å². The number of hydrogen-bond donors (Lipinski definition) is 1. The average Bonchev–Trinajstić information content (AvgIpc) is 3.34. The third-order valence-electron chi connectivity index (χ3n) is 5.49. The molecule has 0 aliphatic rings. The van der Waals surface area contributed by atoms with Gasteiger partial charge in [-0.25, -0.2) is 0 Å². The number of halogens is 3. The number of rotatable bonds is 6. The largest absolute Gasteiger partial charge is 0.416 e. The molecule has 0 radical (unpaired) electrons. The molecule has 1 amide bonds. The van der Waals surface area contributed by atoms with Gasteiger partial charge in [-0.2, -0.15) is 24.5 Å². The normalized spacial score (nSPS) is 12.4. The fourth-order valence-corrected chi connectivity index (χ4v) is 4.47. The van der Waals surface area contributed by atoms with Gasteiger partial charge in [-0.1, -0.05) is 36.4 Å². The second kappa shape index (κ2) is 9.69. The smallest absolute Gasteiger partial charge is 0.345 e. The van der Waals surface area contributed by atoms with Crippen LogP contribution in [-0.2, 0) is 12.6 Å². The lowest BCUT2D eigenvalue weighted by Crippen LogP contribution is -2.36. The molecule has 2 aromatic carbocycles. The first-order chi connectivity index (χ1) is 16.2. The minimum Gasteiger partial charge on any atom is -0.345 e. The number of hydrogen-bond acceptors (Lipinski definition) is 3. The highest BCUT2D eigenvalue weighted by molar-refractivity contribution is 7.08. The van der Waals surface area contributed by atoms with Crippen molar-refractivity contribution in [3.63, 3.8) is 0 Å². The van der Waals surface area contributed by atoms with Gasteiger partial charge in [0.15, 0.2) is 0 Å². The number of pyridine rings is 1. The van der Waals surface area contributed by atoms with Gasteiger partial charge in [0.25, 0.3) is 11.5 Å². The molecular weight excluding hydrogens is 461 g/mol. The maximum absolute atomic E-state index is 13.2. The fraction of sp³-hybridized carbons (Fsp3) is 0.154. The number of aromatic nitrogens is 1. The van der Waals surface area contributed by atoms with Crippen LogP contribution in [0.5, 0.6) is 0 Å². The van der Waals surface area contributed by atoms with Crippen LogP contribution in [0.1, 0.15) is 38.8 Å². The van der Waals surface area contributed by atoms with Crippen LogP contribution in [0.3, 0.4) is 0 Å². The molecule has 4 rings (SSSR count). The van der Waals surface area contributed by atoms with Crippen molar-refractivity contribution in [2.75, 3.05) is 0 Å². The number of aryl methyl sites for hydroxylation is 1. The number of carbonyl (C=O) groups is 1. The fourth-order valence-electron chi connectivity index (χ4n) is 3.76. The molecule has 34 heavy (non-hydrogen) atoms. The molecule has 1 N–H and O–H groups in total. The Morgan fingerprint density at radius 3 is 2.47 bits per heavy atom. The molecule has 1 unspecified atom stereocenters. The zero-order valence-electron chi connectivity index (χ0n) is 18.2. The van der Waals surface area contributed by atoms with E-state index in [0.29, 0.717) is 12.1 Å². The highest BCUT2D eigenvalue weighted by Crippen LogP contribution is 2.30. The number of benzene rings is 2. The molecule has 0 saturated heterocycles. The van der Waals surface area contributed by atoms with Crippen molar-refractivity contribution in [1.82, 2.24) is 9.88 Å². The first kappa shape index (κ1) is 23.5. The SMILES string of the molecule is Cc1ccc(C(=O)NC(Cc2ccccc2)c2ccsc2)c(=O)n1-c1cccc(C(F)(F)F)c1. The van der Waals surface area contributed by atoms with Crippen molar-refractivity contribution in [3.05, 3.63) is 122 Å². The van der Waals surface area contributed by atoms with E-state index in [-0.39, 0.29) is 17.3 Å². The third kappa shape index (κ3) is 5.12. The summed E-state index contributed by atoms with van der Waals surface area (Å²) >= 11 is 1.50. The Labute approximate surface area is 198 Å². The predicted molar refractivity (Wildman–Crippen MR) is 126 cm³/mol. The summed E-state index contributed by atoms with van der Waals surface area (Å²) in [5, 5.41) is 6.78. The van der Waals surface area contributed by atoms with Crippen molar-refractivity contribution in [2.24, 2.45) is 0 Å². The van der Waals surface area contributed by atoms with Gasteiger partial charge in [-0.05, 0) is 71.6 Å². The zero-order valence-corrected chi connectivity index (χ0v) is 19.0. The Kier molecular flexibility index (Phi) is 6.70. The van der Waals surface area contributed by atoms with Crippen LogP contribution in [0, 0.1) is 6.92 Å². The number of thiophene rings is 1. The van der Waals surface area contributed by atoms with Gasteiger partial charge in [0, 0.05) is 11.4 Å². The first-order valence-electron chi connectivity index (χ1n) is 10.5. The van der Waals surface area contributed by atoms with Gasteiger partial charge >= 0.3 is 6.18 Å². The van der Waals surface area contributed by atoms with Gasteiger partial charge in [-0.3, -0.25) is 14.2 Å². The average molecular weight is 483 g/mol. The first-order valence-corrected chi connectivity index (χ1v) is 11.5. The lowest BCUT2D eigenvalue weighted by Gasteiger charge is -2.19. The number of nitrogens with zero attached hydrogens (tertiary/aromatic N) is 1. The molecule has 0 aliphatic heterocycles. The van der Waals surface area contributed by atoms with Crippen molar-refractivity contribution < 1.29 is 18.0 Å². The highest BCUT2D eigenvalue weighted by Gasteiger charge is 2.31. The number of nitrogens with one attached hydrogen (secondary N) is 1. The molecule has 2 aromatic heterocycles. The van der Waals surface area contributed by atoms with Crippen LogP contribution < -0.4 is 10.9 Å². The Morgan fingerprint density at radius 2 is 1.79 bits per heavy atom. The van der Waals surface area contributed by atoms with Gasteiger partial charge in [0.2, 0.25) is 0 Å².